The second kappa shape index (κ2) is 10.8. The van der Waals surface area contributed by atoms with E-state index in [4.69, 9.17) is 9.72 Å². The number of hydrogen-bond donors (Lipinski definition) is 2. The Morgan fingerprint density at radius 2 is 1.94 bits per heavy atom. The summed E-state index contributed by atoms with van der Waals surface area (Å²) in [6.07, 6.45) is 3.85. The summed E-state index contributed by atoms with van der Waals surface area (Å²) in [4.78, 5) is 52.3. The van der Waals surface area contributed by atoms with E-state index in [1.54, 1.807) is 37.3 Å². The van der Waals surface area contributed by atoms with Crippen molar-refractivity contribution in [2.45, 2.75) is 26.2 Å². The van der Waals surface area contributed by atoms with Crippen molar-refractivity contribution in [2.24, 2.45) is 0 Å². The van der Waals surface area contributed by atoms with Gasteiger partial charge >= 0.3 is 12.0 Å². The van der Waals surface area contributed by atoms with Crippen molar-refractivity contribution >= 4 is 46.1 Å². The standard InChI is InChI=1S/C26H24N4O6/c1-2-27-26(33)29-22(31)15-36-25(32)23-19-10-3-4-12-21(19)28-24-17(8-6-11-20(23)24)13-16-7-5-9-18(14-16)30(34)35/h3-5,7,9-10,12-14H,2,6,8,11,15H2,1H3,(H2,27,29,31,33)/b17-13+. The summed E-state index contributed by atoms with van der Waals surface area (Å²) in [5.74, 6) is -1.43. The summed E-state index contributed by atoms with van der Waals surface area (Å²) in [5, 5.41) is 16.3. The van der Waals surface area contributed by atoms with Crippen LogP contribution in [0.4, 0.5) is 10.5 Å². The Bertz CT molecular complexity index is 1400. The molecule has 3 amide bonds. The highest BCUT2D eigenvalue weighted by Crippen LogP contribution is 2.36. The third kappa shape index (κ3) is 5.38. The van der Waals surface area contributed by atoms with Crippen molar-refractivity contribution in [3.8, 4) is 0 Å². The molecule has 0 unspecified atom stereocenters. The maximum absolute atomic E-state index is 13.2. The minimum Gasteiger partial charge on any atom is -0.452 e. The van der Waals surface area contributed by atoms with Gasteiger partial charge in [0.15, 0.2) is 6.61 Å². The van der Waals surface area contributed by atoms with Crippen molar-refractivity contribution in [1.29, 1.82) is 0 Å². The molecule has 1 aromatic heterocycles. The number of benzene rings is 2. The van der Waals surface area contributed by atoms with Crippen LogP contribution >= 0.6 is 0 Å². The van der Waals surface area contributed by atoms with E-state index in [0.29, 0.717) is 52.7 Å². The van der Waals surface area contributed by atoms with E-state index in [0.717, 1.165) is 12.0 Å². The molecule has 36 heavy (non-hydrogen) atoms. The lowest BCUT2D eigenvalue weighted by Crippen LogP contribution is -2.41. The monoisotopic (exact) mass is 488 g/mol. The molecule has 1 heterocycles. The number of urea groups is 1. The lowest BCUT2D eigenvalue weighted by molar-refractivity contribution is -0.384. The predicted octanol–water partition coefficient (Wildman–Crippen LogP) is 4.02. The first-order valence-electron chi connectivity index (χ1n) is 11.5. The second-order valence-corrected chi connectivity index (χ2v) is 8.19. The number of nitrogens with zero attached hydrogens (tertiary/aromatic N) is 2. The van der Waals surface area contributed by atoms with Gasteiger partial charge in [0.05, 0.1) is 21.7 Å². The van der Waals surface area contributed by atoms with Gasteiger partial charge < -0.3 is 10.1 Å². The number of nitro groups is 1. The molecule has 184 valence electrons. The van der Waals surface area contributed by atoms with Crippen LogP contribution in [0.25, 0.3) is 22.6 Å². The maximum atomic E-state index is 13.2. The molecule has 10 nitrogen and oxygen atoms in total. The summed E-state index contributed by atoms with van der Waals surface area (Å²) < 4.78 is 5.29. The number of rotatable bonds is 6. The van der Waals surface area contributed by atoms with Gasteiger partial charge in [0.25, 0.3) is 11.6 Å². The number of allylic oxidation sites excluding steroid dienone is 1. The number of non-ortho nitro benzene ring substituents is 1. The quantitative estimate of drug-likeness (QED) is 0.303. The topological polar surface area (TPSA) is 141 Å². The lowest BCUT2D eigenvalue weighted by Gasteiger charge is -2.22. The van der Waals surface area contributed by atoms with E-state index in [9.17, 15) is 24.5 Å². The number of nitrogens with one attached hydrogen (secondary N) is 2. The molecule has 0 saturated heterocycles. The van der Waals surface area contributed by atoms with Gasteiger partial charge in [-0.2, -0.15) is 0 Å². The fraction of sp³-hybridized carbons (Fsp3) is 0.231. The summed E-state index contributed by atoms with van der Waals surface area (Å²) in [6.45, 7) is 1.45. The number of fused-ring (bicyclic) bond motifs is 2. The molecule has 10 heteroatoms. The van der Waals surface area contributed by atoms with Crippen LogP contribution in [0.3, 0.4) is 0 Å². The van der Waals surface area contributed by atoms with Crippen molar-refractivity contribution in [1.82, 2.24) is 15.6 Å². The molecule has 0 saturated carbocycles. The molecule has 1 aliphatic rings. The molecule has 0 spiro atoms. The molecule has 0 atom stereocenters. The summed E-state index contributed by atoms with van der Waals surface area (Å²) >= 11 is 0. The minimum absolute atomic E-state index is 0.0120. The number of para-hydroxylation sites is 1. The number of pyridine rings is 1. The van der Waals surface area contributed by atoms with E-state index in [-0.39, 0.29) is 5.69 Å². The van der Waals surface area contributed by atoms with Crippen LogP contribution in [-0.4, -0.2) is 41.0 Å². The SMILES string of the molecule is CCNC(=O)NC(=O)COC(=O)c1c2c(nc3ccccc13)/C(=C/c1cccc([N+](=O)[O-])c1)CCC2. The predicted molar refractivity (Wildman–Crippen MR) is 133 cm³/mol. The number of carbonyl (C=O) groups excluding carboxylic acids is 3. The number of esters is 1. The number of carbonyl (C=O) groups is 3. The molecule has 4 rings (SSSR count). The van der Waals surface area contributed by atoms with Crippen LogP contribution in [0.15, 0.2) is 48.5 Å². The normalized spacial score (nSPS) is 13.6. The van der Waals surface area contributed by atoms with E-state index >= 15 is 0 Å². The summed E-state index contributed by atoms with van der Waals surface area (Å²) in [6, 6.07) is 12.8. The Hall–Kier alpha value is -4.60. The van der Waals surface area contributed by atoms with Crippen LogP contribution in [0, 0.1) is 10.1 Å². The fourth-order valence-electron chi connectivity index (χ4n) is 4.21. The highest BCUT2D eigenvalue weighted by atomic mass is 16.6. The molecule has 2 aromatic carbocycles. The average molecular weight is 489 g/mol. The van der Waals surface area contributed by atoms with Crippen LogP contribution in [0.2, 0.25) is 0 Å². The zero-order chi connectivity index (χ0) is 25.7. The van der Waals surface area contributed by atoms with E-state index in [1.165, 1.54) is 12.1 Å². The summed E-state index contributed by atoms with van der Waals surface area (Å²) in [5.41, 5.74) is 3.74. The first kappa shape index (κ1) is 24.5. The molecule has 2 N–H and O–H groups in total. The first-order valence-corrected chi connectivity index (χ1v) is 11.5. The molecule has 0 aliphatic heterocycles. The largest absolute Gasteiger partial charge is 0.452 e. The lowest BCUT2D eigenvalue weighted by atomic mass is 9.86. The van der Waals surface area contributed by atoms with E-state index in [1.807, 2.05) is 12.1 Å². The van der Waals surface area contributed by atoms with Gasteiger partial charge in [0.2, 0.25) is 0 Å². The number of aromatic nitrogens is 1. The molecule has 0 bridgehead atoms. The van der Waals surface area contributed by atoms with Crippen molar-refractivity contribution in [2.75, 3.05) is 13.2 Å². The van der Waals surface area contributed by atoms with Crippen LogP contribution < -0.4 is 10.6 Å². The van der Waals surface area contributed by atoms with Gasteiger partial charge in [-0.15, -0.1) is 0 Å². The van der Waals surface area contributed by atoms with Crippen LogP contribution in [-0.2, 0) is 16.0 Å². The molecular formula is C26H24N4O6. The van der Waals surface area contributed by atoms with Gasteiger partial charge in [-0.25, -0.2) is 14.6 Å². The Labute approximate surface area is 206 Å². The maximum Gasteiger partial charge on any atom is 0.339 e. The minimum atomic E-state index is -0.743. The Kier molecular flexibility index (Phi) is 7.33. The van der Waals surface area contributed by atoms with Gasteiger partial charge in [-0.1, -0.05) is 30.3 Å². The smallest absolute Gasteiger partial charge is 0.339 e. The third-order valence-corrected chi connectivity index (χ3v) is 5.72. The molecule has 0 fully saturated rings. The van der Waals surface area contributed by atoms with Crippen molar-refractivity contribution < 1.29 is 24.0 Å². The van der Waals surface area contributed by atoms with Crippen LogP contribution in [0.5, 0.6) is 0 Å². The Balaban J connectivity index is 1.70. The highest BCUT2D eigenvalue weighted by molar-refractivity contribution is 6.07. The van der Waals surface area contributed by atoms with Crippen molar-refractivity contribution in [3.05, 3.63) is 81.0 Å². The summed E-state index contributed by atoms with van der Waals surface area (Å²) in [7, 11) is 0. The van der Waals surface area contributed by atoms with Gasteiger partial charge in [0, 0.05) is 24.1 Å². The first-order chi connectivity index (χ1) is 17.4. The fourth-order valence-corrected chi connectivity index (χ4v) is 4.21. The Morgan fingerprint density at radius 3 is 2.72 bits per heavy atom. The van der Waals surface area contributed by atoms with Crippen LogP contribution in [0.1, 0.15) is 46.9 Å². The van der Waals surface area contributed by atoms with E-state index < -0.39 is 29.4 Å². The third-order valence-electron chi connectivity index (χ3n) is 5.72. The number of ether oxygens (including phenoxy) is 1. The van der Waals surface area contributed by atoms with E-state index in [2.05, 4.69) is 10.6 Å². The zero-order valence-electron chi connectivity index (χ0n) is 19.6. The number of amides is 3. The van der Waals surface area contributed by atoms with Gasteiger partial charge in [0.1, 0.15) is 0 Å². The molecule has 1 aliphatic carbocycles. The van der Waals surface area contributed by atoms with Crippen molar-refractivity contribution in [3.63, 3.8) is 0 Å². The van der Waals surface area contributed by atoms with Gasteiger partial charge in [-0.05, 0) is 55.0 Å². The zero-order valence-corrected chi connectivity index (χ0v) is 19.6. The number of imide groups is 1. The molecule has 0 radical (unpaired) electrons. The second-order valence-electron chi connectivity index (χ2n) is 8.19. The van der Waals surface area contributed by atoms with Gasteiger partial charge in [-0.3, -0.25) is 20.2 Å². The highest BCUT2D eigenvalue weighted by Gasteiger charge is 2.26. The average Bonchev–Trinajstić information content (AvgIpc) is 2.86. The number of hydrogen-bond acceptors (Lipinski definition) is 7. The Morgan fingerprint density at radius 1 is 1.14 bits per heavy atom. The number of nitro benzene ring substituents is 1. The molecular weight excluding hydrogens is 464 g/mol. The molecule has 3 aromatic rings.